The second-order valence-electron chi connectivity index (χ2n) is 4.49. The van der Waals surface area contributed by atoms with Crippen LogP contribution in [-0.2, 0) is 4.74 Å². The summed E-state index contributed by atoms with van der Waals surface area (Å²) in [5.74, 6) is 0. The van der Waals surface area contributed by atoms with Crippen LogP contribution < -0.4 is 0 Å². The highest BCUT2D eigenvalue weighted by Crippen LogP contribution is 2.16. The highest BCUT2D eigenvalue weighted by Gasteiger charge is 2.12. The molecule has 16 heavy (non-hydrogen) atoms. The van der Waals surface area contributed by atoms with E-state index < -0.39 is 0 Å². The maximum Gasteiger partial charge on any atom is 0.107 e. The van der Waals surface area contributed by atoms with Gasteiger partial charge in [-0.05, 0) is 13.3 Å². The maximum absolute atomic E-state index is 5.30. The largest absolute Gasteiger partial charge is 0.498 e. The first-order valence-electron chi connectivity index (χ1n) is 6.66. The maximum atomic E-state index is 5.30. The normalized spacial score (nSPS) is 14.4. The lowest BCUT2D eigenvalue weighted by Gasteiger charge is -2.18. The second-order valence-corrected chi connectivity index (χ2v) is 5.15. The summed E-state index contributed by atoms with van der Waals surface area (Å²) in [6, 6.07) is 0. The van der Waals surface area contributed by atoms with E-state index in [0.717, 1.165) is 6.42 Å². The van der Waals surface area contributed by atoms with E-state index in [1.54, 1.807) is 0 Å². The first kappa shape index (κ1) is 15.9. The molecule has 0 aromatic carbocycles. The van der Waals surface area contributed by atoms with Crippen LogP contribution in [-0.4, -0.2) is 11.4 Å². The van der Waals surface area contributed by atoms with E-state index >= 15 is 0 Å². The molecular formula is C14H28OS. The minimum atomic E-state index is 0.181. The molecule has 0 saturated carbocycles. The first-order valence-corrected chi connectivity index (χ1v) is 7.18. The summed E-state index contributed by atoms with van der Waals surface area (Å²) in [7, 11) is 0. The van der Waals surface area contributed by atoms with Crippen LogP contribution >= 0.6 is 12.6 Å². The van der Waals surface area contributed by atoms with Crippen LogP contribution in [0, 0.1) is 0 Å². The van der Waals surface area contributed by atoms with Gasteiger partial charge in [-0.1, -0.05) is 58.4 Å². The summed E-state index contributed by atoms with van der Waals surface area (Å²) in [6.45, 7) is 7.88. The first-order chi connectivity index (χ1) is 7.72. The smallest absolute Gasteiger partial charge is 0.107 e. The van der Waals surface area contributed by atoms with Crippen molar-refractivity contribution in [3.8, 4) is 0 Å². The quantitative estimate of drug-likeness (QED) is 0.306. The Hall–Kier alpha value is -0.110. The van der Waals surface area contributed by atoms with Gasteiger partial charge >= 0.3 is 0 Å². The minimum absolute atomic E-state index is 0.181. The zero-order valence-electron chi connectivity index (χ0n) is 11.0. The van der Waals surface area contributed by atoms with Crippen LogP contribution in [0.25, 0.3) is 0 Å². The summed E-state index contributed by atoms with van der Waals surface area (Å²) in [5, 5.41) is 0.341. The van der Waals surface area contributed by atoms with Gasteiger partial charge in [-0.15, -0.1) is 0 Å². The molecule has 0 spiro atoms. The van der Waals surface area contributed by atoms with Gasteiger partial charge in [0, 0.05) is 5.25 Å². The molecule has 0 aliphatic heterocycles. The van der Waals surface area contributed by atoms with Gasteiger partial charge in [-0.25, -0.2) is 0 Å². The third-order valence-corrected chi connectivity index (χ3v) is 3.63. The van der Waals surface area contributed by atoms with Gasteiger partial charge in [0.1, 0.15) is 6.10 Å². The van der Waals surface area contributed by atoms with E-state index in [2.05, 4.69) is 33.1 Å². The van der Waals surface area contributed by atoms with Gasteiger partial charge in [-0.3, -0.25) is 0 Å². The number of hydrogen-bond donors (Lipinski definition) is 1. The Bertz CT molecular complexity index is 159. The molecule has 0 aromatic rings. The molecule has 2 atom stereocenters. The molecule has 0 aromatic heterocycles. The average molecular weight is 244 g/mol. The Labute approximate surface area is 107 Å². The molecule has 0 amide bonds. The molecule has 96 valence electrons. The van der Waals surface area contributed by atoms with Crippen LogP contribution in [0.1, 0.15) is 65.2 Å². The SMILES string of the molecule is C=COC(C)C(S)CCCCCCCCC. The second kappa shape index (κ2) is 11.4. The van der Waals surface area contributed by atoms with Gasteiger partial charge in [-0.2, -0.15) is 12.6 Å². The van der Waals surface area contributed by atoms with Crippen molar-refractivity contribution in [2.24, 2.45) is 0 Å². The molecular weight excluding hydrogens is 216 g/mol. The summed E-state index contributed by atoms with van der Waals surface area (Å²) >= 11 is 4.54. The average Bonchev–Trinajstić information content (AvgIpc) is 2.28. The fraction of sp³-hybridized carbons (Fsp3) is 0.857. The van der Waals surface area contributed by atoms with Gasteiger partial charge in [0.15, 0.2) is 0 Å². The fourth-order valence-corrected chi connectivity index (χ4v) is 2.04. The number of ether oxygens (including phenoxy) is 1. The molecule has 0 rings (SSSR count). The van der Waals surface area contributed by atoms with Crippen LogP contribution in [0.4, 0.5) is 0 Å². The molecule has 0 fully saturated rings. The predicted molar refractivity (Wildman–Crippen MR) is 76.1 cm³/mol. The summed E-state index contributed by atoms with van der Waals surface area (Å²) in [4.78, 5) is 0. The van der Waals surface area contributed by atoms with Gasteiger partial charge < -0.3 is 4.74 Å². The molecule has 0 aliphatic rings. The van der Waals surface area contributed by atoms with E-state index in [1.165, 1.54) is 51.2 Å². The van der Waals surface area contributed by atoms with E-state index in [0.29, 0.717) is 5.25 Å². The molecule has 0 radical (unpaired) electrons. The monoisotopic (exact) mass is 244 g/mol. The number of unbranched alkanes of at least 4 members (excludes halogenated alkanes) is 6. The Morgan fingerprint density at radius 2 is 1.69 bits per heavy atom. The van der Waals surface area contributed by atoms with Crippen molar-refractivity contribution in [1.82, 2.24) is 0 Å². The molecule has 0 heterocycles. The van der Waals surface area contributed by atoms with Crippen LogP contribution in [0.2, 0.25) is 0 Å². The lowest BCUT2D eigenvalue weighted by Crippen LogP contribution is -2.18. The van der Waals surface area contributed by atoms with E-state index in [-0.39, 0.29) is 6.10 Å². The minimum Gasteiger partial charge on any atom is -0.498 e. The molecule has 0 N–H and O–H groups in total. The summed E-state index contributed by atoms with van der Waals surface area (Å²) in [5.41, 5.74) is 0. The van der Waals surface area contributed by atoms with E-state index in [9.17, 15) is 0 Å². The van der Waals surface area contributed by atoms with E-state index in [1.807, 2.05) is 0 Å². The van der Waals surface area contributed by atoms with Crippen molar-refractivity contribution in [1.29, 1.82) is 0 Å². The number of hydrogen-bond acceptors (Lipinski definition) is 2. The highest BCUT2D eigenvalue weighted by molar-refractivity contribution is 7.81. The van der Waals surface area contributed by atoms with Gasteiger partial charge in [0.05, 0.1) is 6.26 Å². The molecule has 0 aliphatic carbocycles. The number of rotatable bonds is 11. The fourth-order valence-electron chi connectivity index (χ4n) is 1.79. The summed E-state index contributed by atoms with van der Waals surface area (Å²) < 4.78 is 5.30. The Morgan fingerprint density at radius 3 is 2.25 bits per heavy atom. The highest BCUT2D eigenvalue weighted by atomic mass is 32.1. The van der Waals surface area contributed by atoms with Gasteiger partial charge in [0.2, 0.25) is 0 Å². The third kappa shape index (κ3) is 9.14. The third-order valence-electron chi connectivity index (χ3n) is 2.96. The lowest BCUT2D eigenvalue weighted by atomic mass is 10.1. The molecule has 0 bridgehead atoms. The van der Waals surface area contributed by atoms with Gasteiger partial charge in [0.25, 0.3) is 0 Å². The van der Waals surface area contributed by atoms with Crippen LogP contribution in [0.3, 0.4) is 0 Å². The molecule has 0 saturated heterocycles. The van der Waals surface area contributed by atoms with Crippen molar-refractivity contribution in [2.75, 3.05) is 0 Å². The Kier molecular flexibility index (Phi) is 11.3. The van der Waals surface area contributed by atoms with Crippen LogP contribution in [0.5, 0.6) is 0 Å². The Morgan fingerprint density at radius 1 is 1.12 bits per heavy atom. The summed E-state index contributed by atoms with van der Waals surface area (Å²) in [6.07, 6.45) is 12.3. The van der Waals surface area contributed by atoms with Crippen molar-refractivity contribution < 1.29 is 4.74 Å². The standard InChI is InChI=1S/C14H28OS/c1-4-6-7-8-9-10-11-12-14(16)13(3)15-5-2/h5,13-14,16H,2,4,6-12H2,1,3H3. The number of thiol groups is 1. The Balaban J connectivity index is 3.26. The predicted octanol–water partition coefficient (Wildman–Crippen LogP) is 4.97. The molecule has 2 heteroatoms. The molecule has 1 nitrogen and oxygen atoms in total. The zero-order chi connectivity index (χ0) is 12.2. The van der Waals surface area contributed by atoms with Crippen molar-refractivity contribution in [3.05, 3.63) is 12.8 Å². The van der Waals surface area contributed by atoms with Crippen molar-refractivity contribution in [2.45, 2.75) is 76.6 Å². The lowest BCUT2D eigenvalue weighted by molar-refractivity contribution is 0.156. The van der Waals surface area contributed by atoms with Crippen molar-refractivity contribution >= 4 is 12.6 Å². The topological polar surface area (TPSA) is 9.23 Å². The molecule has 2 unspecified atom stereocenters. The van der Waals surface area contributed by atoms with Crippen molar-refractivity contribution in [3.63, 3.8) is 0 Å². The zero-order valence-corrected chi connectivity index (χ0v) is 11.8. The van der Waals surface area contributed by atoms with Crippen LogP contribution in [0.15, 0.2) is 12.8 Å². The van der Waals surface area contributed by atoms with E-state index in [4.69, 9.17) is 4.74 Å².